The van der Waals surface area contributed by atoms with Crippen LogP contribution in [-0.4, -0.2) is 37.0 Å². The van der Waals surface area contributed by atoms with E-state index in [9.17, 15) is 12.6 Å². The summed E-state index contributed by atoms with van der Waals surface area (Å²) in [5.41, 5.74) is 0. The average Bonchev–Trinajstić information content (AvgIpc) is 2.55. The van der Waals surface area contributed by atoms with E-state index in [0.717, 1.165) is 0 Å². The van der Waals surface area contributed by atoms with Gasteiger partial charge in [0.2, 0.25) is 0 Å². The molecule has 0 spiro atoms. The predicted molar refractivity (Wildman–Crippen MR) is 45.8 cm³/mol. The summed E-state index contributed by atoms with van der Waals surface area (Å²) in [7, 11) is -3.86. The third kappa shape index (κ3) is 1.73. The fourth-order valence-electron chi connectivity index (χ4n) is 2.02. The van der Waals surface area contributed by atoms with Crippen LogP contribution in [0.3, 0.4) is 0 Å². The summed E-state index contributed by atoms with van der Waals surface area (Å²) in [5, 5.41) is 0. The molecule has 1 aliphatic carbocycles. The molecule has 0 bridgehead atoms. The van der Waals surface area contributed by atoms with Crippen molar-refractivity contribution in [2.75, 3.05) is 0 Å². The largest absolute Gasteiger partial charge is 0.400 e. The van der Waals surface area contributed by atoms with E-state index in [2.05, 4.69) is 0 Å². The topological polar surface area (TPSA) is 88.1 Å². The summed E-state index contributed by atoms with van der Waals surface area (Å²) >= 11 is -1.73. The quantitative estimate of drug-likeness (QED) is 0.559. The Morgan fingerprint density at radius 3 is 1.87 bits per heavy atom. The molecule has 86 valence electrons. The lowest BCUT2D eigenvalue weighted by atomic mass is 9.90. The van der Waals surface area contributed by atoms with Gasteiger partial charge >= 0.3 is 21.8 Å². The molecule has 0 aromatic rings. The zero-order chi connectivity index (χ0) is 10.6. The average molecular weight is 256 g/mol. The van der Waals surface area contributed by atoms with Gasteiger partial charge < -0.3 is 0 Å². The molecular weight excluding hydrogens is 248 g/mol. The Morgan fingerprint density at radius 1 is 0.933 bits per heavy atom. The highest BCUT2D eigenvalue weighted by Gasteiger charge is 2.52. The van der Waals surface area contributed by atoms with Crippen LogP contribution in [0, 0.1) is 0 Å². The van der Waals surface area contributed by atoms with Gasteiger partial charge in [-0.25, -0.2) is 8.37 Å². The number of fused-ring (bicyclic) bond motifs is 2. The van der Waals surface area contributed by atoms with Crippen LogP contribution in [0.1, 0.15) is 12.8 Å². The first-order valence-electron chi connectivity index (χ1n) is 4.41. The van der Waals surface area contributed by atoms with Gasteiger partial charge in [-0.1, -0.05) is 0 Å². The fraction of sp³-hybridized carbons (Fsp3) is 1.00. The zero-order valence-electron chi connectivity index (χ0n) is 7.40. The molecule has 9 heteroatoms. The minimum atomic E-state index is -3.86. The summed E-state index contributed by atoms with van der Waals surface area (Å²) < 4.78 is 52.3. The van der Waals surface area contributed by atoms with Crippen molar-refractivity contribution in [3.8, 4) is 0 Å². The van der Waals surface area contributed by atoms with Gasteiger partial charge in [0.05, 0.1) is 0 Å². The van der Waals surface area contributed by atoms with E-state index in [1.807, 2.05) is 0 Å². The van der Waals surface area contributed by atoms with Crippen molar-refractivity contribution in [3.63, 3.8) is 0 Å². The van der Waals surface area contributed by atoms with Crippen molar-refractivity contribution >= 4 is 21.8 Å². The number of rotatable bonds is 0. The maximum absolute atomic E-state index is 11.0. The van der Waals surface area contributed by atoms with E-state index in [4.69, 9.17) is 16.7 Å². The Morgan fingerprint density at radius 2 is 1.40 bits per heavy atom. The summed E-state index contributed by atoms with van der Waals surface area (Å²) in [5.74, 6) is 0. The Hall–Kier alpha value is -0.0600. The van der Waals surface area contributed by atoms with Crippen molar-refractivity contribution in [1.29, 1.82) is 0 Å². The summed E-state index contributed by atoms with van der Waals surface area (Å²) in [4.78, 5) is 0. The number of hydrogen-bond acceptors (Lipinski definition) is 7. The van der Waals surface area contributed by atoms with Crippen molar-refractivity contribution in [2.24, 2.45) is 0 Å². The standard InChI is InChI=1S/C6H8O7S2/c7-14-10-3-1-5-6(2-4(3)11-14)13-15(8,9)12-5/h3-6H,1-2H2. The third-order valence-corrected chi connectivity index (χ3v) is 4.42. The lowest BCUT2D eigenvalue weighted by molar-refractivity contribution is 0.00578. The third-order valence-electron chi connectivity index (χ3n) is 2.65. The molecule has 0 aromatic carbocycles. The lowest BCUT2D eigenvalue weighted by Crippen LogP contribution is -2.41. The van der Waals surface area contributed by atoms with E-state index >= 15 is 0 Å². The Bertz CT molecular complexity index is 374. The van der Waals surface area contributed by atoms with Crippen molar-refractivity contribution in [1.82, 2.24) is 0 Å². The van der Waals surface area contributed by atoms with Gasteiger partial charge in [0.1, 0.15) is 24.4 Å². The van der Waals surface area contributed by atoms with Crippen LogP contribution in [0.15, 0.2) is 0 Å². The smallest absolute Gasteiger partial charge is 0.262 e. The van der Waals surface area contributed by atoms with Gasteiger partial charge in [0, 0.05) is 12.8 Å². The second kappa shape index (κ2) is 3.22. The van der Waals surface area contributed by atoms with Crippen LogP contribution < -0.4 is 0 Å². The summed E-state index contributed by atoms with van der Waals surface area (Å²) in [6.45, 7) is 0. The summed E-state index contributed by atoms with van der Waals surface area (Å²) in [6, 6.07) is 0. The molecule has 2 aliphatic heterocycles. The number of hydrogen-bond donors (Lipinski definition) is 0. The highest BCUT2D eigenvalue weighted by Crippen LogP contribution is 2.38. The molecule has 0 aromatic heterocycles. The van der Waals surface area contributed by atoms with Crippen molar-refractivity contribution < 1.29 is 29.4 Å². The molecule has 0 amide bonds. The van der Waals surface area contributed by atoms with Gasteiger partial charge in [-0.2, -0.15) is 12.6 Å². The molecule has 0 radical (unpaired) electrons. The predicted octanol–water partition coefficient (Wildman–Crippen LogP) is -0.828. The maximum atomic E-state index is 11.0. The minimum Gasteiger partial charge on any atom is -0.262 e. The van der Waals surface area contributed by atoms with Crippen LogP contribution in [0.4, 0.5) is 0 Å². The molecule has 1 saturated carbocycles. The van der Waals surface area contributed by atoms with Gasteiger partial charge in [0.25, 0.3) is 0 Å². The zero-order valence-corrected chi connectivity index (χ0v) is 9.03. The molecule has 2 heterocycles. The van der Waals surface area contributed by atoms with Crippen molar-refractivity contribution in [3.05, 3.63) is 0 Å². The highest BCUT2D eigenvalue weighted by molar-refractivity contribution is 7.82. The van der Waals surface area contributed by atoms with Crippen LogP contribution in [0.25, 0.3) is 0 Å². The van der Waals surface area contributed by atoms with Crippen LogP contribution in [0.2, 0.25) is 0 Å². The van der Waals surface area contributed by atoms with Gasteiger partial charge in [-0.15, -0.1) is 0 Å². The van der Waals surface area contributed by atoms with Crippen LogP contribution in [-0.2, 0) is 38.5 Å². The Labute approximate surface area is 88.8 Å². The van der Waals surface area contributed by atoms with Gasteiger partial charge in [-0.3, -0.25) is 8.37 Å². The van der Waals surface area contributed by atoms with Gasteiger partial charge in [0.15, 0.2) is 0 Å². The fourth-order valence-corrected chi connectivity index (χ4v) is 3.93. The SMILES string of the molecule is O=S1OC2CC3OS(=O)(=O)OC3CC2O1. The lowest BCUT2D eigenvalue weighted by Gasteiger charge is -2.27. The maximum Gasteiger partial charge on any atom is 0.400 e. The molecule has 4 unspecified atom stereocenters. The molecule has 3 rings (SSSR count). The van der Waals surface area contributed by atoms with E-state index < -0.39 is 34.0 Å². The molecular formula is C6H8O7S2. The molecule has 4 atom stereocenters. The second-order valence-corrected chi connectivity index (χ2v) is 5.62. The highest BCUT2D eigenvalue weighted by atomic mass is 32.3. The first kappa shape index (κ1) is 10.1. The van der Waals surface area contributed by atoms with Crippen molar-refractivity contribution in [2.45, 2.75) is 37.3 Å². The monoisotopic (exact) mass is 256 g/mol. The van der Waals surface area contributed by atoms with E-state index in [0.29, 0.717) is 12.8 Å². The molecule has 2 saturated heterocycles. The second-order valence-electron chi connectivity index (χ2n) is 3.62. The van der Waals surface area contributed by atoms with Crippen LogP contribution >= 0.6 is 0 Å². The first-order valence-corrected chi connectivity index (χ1v) is 6.74. The van der Waals surface area contributed by atoms with E-state index in [1.54, 1.807) is 0 Å². The Kier molecular flexibility index (Phi) is 2.17. The van der Waals surface area contributed by atoms with E-state index in [1.165, 1.54) is 0 Å². The first-order chi connectivity index (χ1) is 7.03. The molecule has 0 N–H and O–H groups in total. The molecule has 3 fully saturated rings. The minimum absolute atomic E-state index is 0.320. The Balaban J connectivity index is 1.80. The normalized spacial score (nSPS) is 52.4. The summed E-state index contributed by atoms with van der Waals surface area (Å²) in [6.07, 6.45) is -1.20. The molecule has 7 nitrogen and oxygen atoms in total. The molecule has 15 heavy (non-hydrogen) atoms. The van der Waals surface area contributed by atoms with Crippen LogP contribution in [0.5, 0.6) is 0 Å². The molecule has 3 aliphatic rings. The van der Waals surface area contributed by atoms with E-state index in [-0.39, 0.29) is 12.2 Å². The van der Waals surface area contributed by atoms with Gasteiger partial charge in [-0.05, 0) is 0 Å².